The Labute approximate surface area is 176 Å². The zero-order chi connectivity index (χ0) is 21.2. The number of aryl methyl sites for hydroxylation is 1. The van der Waals surface area contributed by atoms with Crippen LogP contribution in [0.1, 0.15) is 34.6 Å². The molecule has 0 aromatic carbocycles. The summed E-state index contributed by atoms with van der Waals surface area (Å²) in [6.45, 7) is 5.58. The van der Waals surface area contributed by atoms with Gasteiger partial charge in [-0.1, -0.05) is 11.8 Å². The molecule has 1 aliphatic rings. The molecule has 0 N–H and O–H groups in total. The van der Waals surface area contributed by atoms with Gasteiger partial charge < -0.3 is 9.30 Å². The maximum absolute atomic E-state index is 12.8. The van der Waals surface area contributed by atoms with Gasteiger partial charge >= 0.3 is 0 Å². The van der Waals surface area contributed by atoms with Crippen LogP contribution in [0.4, 0.5) is 0 Å². The van der Waals surface area contributed by atoms with Crippen LogP contribution in [-0.4, -0.2) is 60.6 Å². The minimum Gasteiger partial charge on any atom is -0.376 e. The number of hydrogen-bond acceptors (Lipinski definition) is 6. The summed E-state index contributed by atoms with van der Waals surface area (Å²) in [5.74, 6) is 0.283. The first-order chi connectivity index (χ1) is 13.7. The molecule has 1 atom stereocenters. The van der Waals surface area contributed by atoms with Gasteiger partial charge in [-0.3, -0.25) is 4.79 Å². The third kappa shape index (κ3) is 4.91. The Kier molecular flexibility index (Phi) is 6.83. The maximum atomic E-state index is 12.8. The van der Waals surface area contributed by atoms with Crippen molar-refractivity contribution in [1.82, 2.24) is 13.9 Å². The summed E-state index contributed by atoms with van der Waals surface area (Å²) in [7, 11) is -0.548. The SMILES string of the molecule is Cc1cc(C(=O)CSc2ccc(S(=O)(=O)N(C)C)cn2)c(C)n1C[C@@H]1CCCO1. The van der Waals surface area contributed by atoms with E-state index >= 15 is 0 Å². The number of nitrogens with zero attached hydrogens (tertiary/aromatic N) is 3. The lowest BCUT2D eigenvalue weighted by Gasteiger charge is -2.14. The number of carbonyl (C=O) groups excluding carboxylic acids is 1. The summed E-state index contributed by atoms with van der Waals surface area (Å²) in [6.07, 6.45) is 3.70. The van der Waals surface area contributed by atoms with Gasteiger partial charge in [0, 0.05) is 50.4 Å². The zero-order valence-electron chi connectivity index (χ0n) is 17.2. The molecular weight excluding hydrogens is 410 g/mol. The average Bonchev–Trinajstić information content (AvgIpc) is 3.30. The second kappa shape index (κ2) is 8.99. The largest absolute Gasteiger partial charge is 0.376 e. The Morgan fingerprint density at radius 1 is 1.34 bits per heavy atom. The molecule has 0 unspecified atom stereocenters. The van der Waals surface area contributed by atoms with E-state index in [2.05, 4.69) is 9.55 Å². The van der Waals surface area contributed by atoms with E-state index in [0.29, 0.717) is 5.03 Å². The molecule has 0 amide bonds. The van der Waals surface area contributed by atoms with Gasteiger partial charge in [0.2, 0.25) is 10.0 Å². The van der Waals surface area contributed by atoms with E-state index in [1.807, 2.05) is 19.9 Å². The van der Waals surface area contributed by atoms with Crippen molar-refractivity contribution in [3.05, 3.63) is 41.3 Å². The normalized spacial score (nSPS) is 17.2. The van der Waals surface area contributed by atoms with Crippen LogP contribution in [0.2, 0.25) is 0 Å². The van der Waals surface area contributed by atoms with Crippen molar-refractivity contribution in [3.63, 3.8) is 0 Å². The van der Waals surface area contributed by atoms with Gasteiger partial charge in [0.05, 0.1) is 16.9 Å². The molecule has 0 bridgehead atoms. The van der Waals surface area contributed by atoms with Crippen LogP contribution in [0.5, 0.6) is 0 Å². The summed E-state index contributed by atoms with van der Waals surface area (Å²) in [4.78, 5) is 17.1. The lowest BCUT2D eigenvalue weighted by Crippen LogP contribution is -2.22. The van der Waals surface area contributed by atoms with Crippen molar-refractivity contribution in [3.8, 4) is 0 Å². The molecule has 1 saturated heterocycles. The van der Waals surface area contributed by atoms with E-state index in [0.717, 1.165) is 47.2 Å². The van der Waals surface area contributed by atoms with E-state index in [9.17, 15) is 13.2 Å². The van der Waals surface area contributed by atoms with Crippen LogP contribution in [0.3, 0.4) is 0 Å². The smallest absolute Gasteiger partial charge is 0.244 e. The second-order valence-corrected chi connectivity index (χ2v) is 10.5. The molecule has 0 spiro atoms. The number of ketones is 1. The molecule has 158 valence electrons. The first-order valence-corrected chi connectivity index (χ1v) is 12.0. The standard InChI is InChI=1S/C20H27N3O4S2/c1-14-10-18(15(2)23(14)12-16-6-5-9-27-16)19(24)13-28-20-8-7-17(11-21-20)29(25,26)22(3)4/h7-8,10-11,16H,5-6,9,12-13H2,1-4H3/t16-/m0/s1. The predicted octanol–water partition coefficient (Wildman–Crippen LogP) is 2.90. The topological polar surface area (TPSA) is 81.5 Å². The Balaban J connectivity index is 1.65. The van der Waals surface area contributed by atoms with Crippen molar-refractivity contribution in [2.75, 3.05) is 26.5 Å². The van der Waals surface area contributed by atoms with Crippen LogP contribution in [0.25, 0.3) is 0 Å². The third-order valence-electron chi connectivity index (χ3n) is 5.12. The lowest BCUT2D eigenvalue weighted by molar-refractivity contribution is 0.0957. The molecule has 0 radical (unpaired) electrons. The van der Waals surface area contributed by atoms with E-state index in [1.165, 1.54) is 38.1 Å². The second-order valence-electron chi connectivity index (χ2n) is 7.36. The Bertz CT molecular complexity index is 976. The highest BCUT2D eigenvalue weighted by Gasteiger charge is 2.21. The Morgan fingerprint density at radius 2 is 2.10 bits per heavy atom. The molecule has 0 saturated carbocycles. The monoisotopic (exact) mass is 437 g/mol. The molecule has 1 fully saturated rings. The molecule has 7 nitrogen and oxygen atoms in total. The quantitative estimate of drug-likeness (QED) is 0.467. The van der Waals surface area contributed by atoms with Crippen LogP contribution in [0, 0.1) is 13.8 Å². The summed E-state index contributed by atoms with van der Waals surface area (Å²) in [6, 6.07) is 5.09. The summed E-state index contributed by atoms with van der Waals surface area (Å²) >= 11 is 1.30. The maximum Gasteiger partial charge on any atom is 0.244 e. The number of ether oxygens (including phenoxy) is 1. The first kappa shape index (κ1) is 22.0. The molecule has 9 heteroatoms. The summed E-state index contributed by atoms with van der Waals surface area (Å²) in [5, 5.41) is 0.615. The van der Waals surface area contributed by atoms with Gasteiger partial charge in [-0.25, -0.2) is 17.7 Å². The predicted molar refractivity (Wildman–Crippen MR) is 113 cm³/mol. The number of rotatable bonds is 8. The van der Waals surface area contributed by atoms with Crippen molar-refractivity contribution >= 4 is 27.6 Å². The number of carbonyl (C=O) groups is 1. The fraction of sp³-hybridized carbons (Fsp3) is 0.500. The minimum absolute atomic E-state index is 0.0356. The van der Waals surface area contributed by atoms with Gasteiger partial charge in [-0.15, -0.1) is 0 Å². The zero-order valence-corrected chi connectivity index (χ0v) is 18.8. The number of hydrogen-bond donors (Lipinski definition) is 0. The molecule has 2 aromatic heterocycles. The molecule has 29 heavy (non-hydrogen) atoms. The van der Waals surface area contributed by atoms with E-state index < -0.39 is 10.0 Å². The van der Waals surface area contributed by atoms with Crippen LogP contribution in [-0.2, 0) is 21.3 Å². The number of thioether (sulfide) groups is 1. The fourth-order valence-electron chi connectivity index (χ4n) is 3.39. The number of pyridine rings is 1. The van der Waals surface area contributed by atoms with Crippen LogP contribution >= 0.6 is 11.8 Å². The minimum atomic E-state index is -3.50. The third-order valence-corrected chi connectivity index (χ3v) is 7.87. The average molecular weight is 438 g/mol. The first-order valence-electron chi connectivity index (χ1n) is 9.53. The number of Topliss-reactive ketones (excluding diaryl/α,β-unsaturated/α-hetero) is 1. The Hall–Kier alpha value is -1.68. The van der Waals surface area contributed by atoms with Crippen molar-refractivity contribution in [1.29, 1.82) is 0 Å². The van der Waals surface area contributed by atoms with E-state index in [4.69, 9.17) is 4.74 Å². The fourth-order valence-corrected chi connectivity index (χ4v) is 4.96. The van der Waals surface area contributed by atoms with Crippen molar-refractivity contribution in [2.24, 2.45) is 0 Å². The van der Waals surface area contributed by atoms with Gasteiger partial charge in [0.15, 0.2) is 5.78 Å². The molecule has 3 heterocycles. The lowest BCUT2D eigenvalue weighted by atomic mass is 10.2. The van der Waals surface area contributed by atoms with Gasteiger partial charge in [0.25, 0.3) is 0 Å². The van der Waals surface area contributed by atoms with Crippen LogP contribution < -0.4 is 0 Å². The Morgan fingerprint density at radius 3 is 2.69 bits per heavy atom. The van der Waals surface area contributed by atoms with E-state index in [-0.39, 0.29) is 22.5 Å². The molecule has 2 aromatic rings. The molecule has 1 aliphatic heterocycles. The number of aromatic nitrogens is 2. The summed E-state index contributed by atoms with van der Waals surface area (Å²) < 4.78 is 33.2. The van der Waals surface area contributed by atoms with Crippen molar-refractivity contribution < 1.29 is 17.9 Å². The highest BCUT2D eigenvalue weighted by atomic mass is 32.2. The van der Waals surface area contributed by atoms with Gasteiger partial charge in [-0.05, 0) is 44.9 Å². The van der Waals surface area contributed by atoms with Crippen LogP contribution in [0.15, 0.2) is 34.3 Å². The number of sulfonamides is 1. The molecule has 3 rings (SSSR count). The van der Waals surface area contributed by atoms with Gasteiger partial charge in [-0.2, -0.15) is 0 Å². The highest BCUT2D eigenvalue weighted by Crippen LogP contribution is 2.24. The highest BCUT2D eigenvalue weighted by molar-refractivity contribution is 7.99. The molecular formula is C20H27N3O4S2. The summed E-state index contributed by atoms with van der Waals surface area (Å²) in [5.41, 5.74) is 2.74. The van der Waals surface area contributed by atoms with Crippen molar-refractivity contribution in [2.45, 2.75) is 49.3 Å². The van der Waals surface area contributed by atoms with E-state index in [1.54, 1.807) is 6.07 Å². The molecule has 0 aliphatic carbocycles. The van der Waals surface area contributed by atoms with Gasteiger partial charge in [0.1, 0.15) is 4.90 Å².